The molecule has 0 aliphatic heterocycles. The molecule has 0 aliphatic carbocycles. The first-order valence-electron chi connectivity index (χ1n) is 15.3. The second-order valence-electron chi connectivity index (χ2n) is 10.8. The zero-order chi connectivity index (χ0) is 32.3. The third-order valence-electron chi connectivity index (χ3n) is 7.18. The van der Waals surface area contributed by atoms with Crippen LogP contribution >= 0.6 is 0 Å². The molecule has 2 amide bonds. The quantitative estimate of drug-likeness (QED) is 0.131. The number of nitrogens with zero attached hydrogens (tertiary/aromatic N) is 1. The maximum Gasteiger partial charge on any atom is 0.306 e. The summed E-state index contributed by atoms with van der Waals surface area (Å²) in [6.45, 7) is 8.15. The molecule has 0 saturated carbocycles. The van der Waals surface area contributed by atoms with E-state index in [9.17, 15) is 19.5 Å². The van der Waals surface area contributed by atoms with Gasteiger partial charge in [-0.3, -0.25) is 14.4 Å². The van der Waals surface area contributed by atoms with E-state index >= 15 is 0 Å². The van der Waals surface area contributed by atoms with Gasteiger partial charge in [-0.25, -0.2) is 0 Å². The van der Waals surface area contributed by atoms with Gasteiger partial charge >= 0.3 is 5.97 Å². The number of benzene rings is 3. The van der Waals surface area contributed by atoms with Gasteiger partial charge in [-0.05, 0) is 48.1 Å². The molecule has 3 rings (SSSR count). The van der Waals surface area contributed by atoms with E-state index in [0.29, 0.717) is 31.7 Å². The average molecular weight is 613 g/mol. The van der Waals surface area contributed by atoms with E-state index in [1.165, 1.54) is 0 Å². The number of amides is 2. The summed E-state index contributed by atoms with van der Waals surface area (Å²) in [5.74, 6) is -0.918. The number of allylic oxidation sites excluding steroid dienone is 2. The molecular formula is C37H44N2O6. The van der Waals surface area contributed by atoms with Gasteiger partial charge in [-0.1, -0.05) is 84.9 Å². The lowest BCUT2D eigenvalue weighted by molar-refractivity contribution is -0.145. The third-order valence-corrected chi connectivity index (χ3v) is 7.18. The summed E-state index contributed by atoms with van der Waals surface area (Å²) < 4.78 is 11.4. The third kappa shape index (κ3) is 12.8. The number of rotatable bonds is 20. The van der Waals surface area contributed by atoms with Crippen molar-refractivity contribution in [2.45, 2.75) is 51.3 Å². The minimum absolute atomic E-state index is 0.0205. The van der Waals surface area contributed by atoms with Crippen LogP contribution in [0.25, 0.3) is 0 Å². The highest BCUT2D eigenvalue weighted by Crippen LogP contribution is 2.18. The lowest BCUT2D eigenvalue weighted by Crippen LogP contribution is -2.44. The van der Waals surface area contributed by atoms with Gasteiger partial charge < -0.3 is 24.8 Å². The number of aliphatic hydroxyl groups is 1. The van der Waals surface area contributed by atoms with E-state index in [1.807, 2.05) is 84.9 Å². The Kier molecular flexibility index (Phi) is 15.1. The normalized spacial score (nSPS) is 11.9. The summed E-state index contributed by atoms with van der Waals surface area (Å²) in [6, 6.07) is 26.4. The summed E-state index contributed by atoms with van der Waals surface area (Å²) in [5.41, 5.74) is 2.91. The van der Waals surface area contributed by atoms with Crippen LogP contribution in [-0.2, 0) is 38.7 Å². The molecule has 2 atom stereocenters. The molecule has 0 aromatic heterocycles. The van der Waals surface area contributed by atoms with Crippen molar-refractivity contribution in [2.75, 3.05) is 19.8 Å². The predicted molar refractivity (Wildman–Crippen MR) is 175 cm³/mol. The molecule has 0 saturated heterocycles. The van der Waals surface area contributed by atoms with E-state index < -0.39 is 12.0 Å². The number of nitrogens with one attached hydrogen (secondary N) is 1. The Hall–Kier alpha value is -4.69. The molecule has 2 N–H and O–H groups in total. The second-order valence-corrected chi connectivity index (χ2v) is 10.8. The molecule has 0 spiro atoms. The Morgan fingerprint density at radius 2 is 1.53 bits per heavy atom. The van der Waals surface area contributed by atoms with Crippen molar-refractivity contribution in [3.63, 3.8) is 0 Å². The SMILES string of the molecule is C=CCCC(=O)OCC(Cc1ccc(OCc2ccccc2)cc1)NC(=O)C(CC=C)CC(=O)N(CCO)Cc1ccccc1. The molecule has 0 aliphatic rings. The summed E-state index contributed by atoms with van der Waals surface area (Å²) >= 11 is 0. The Morgan fingerprint density at radius 3 is 2.16 bits per heavy atom. The molecule has 0 heterocycles. The predicted octanol–water partition coefficient (Wildman–Crippen LogP) is 5.41. The standard InChI is InChI=1S/C37H44N2O6/c1-3-5-17-36(42)45-28-33(24-29-18-20-34(21-19-29)44-27-31-15-10-7-11-16-31)38-37(43)32(12-4-2)25-35(41)39(22-23-40)26-30-13-8-6-9-14-30/h3-4,6-11,13-16,18-21,32-33,40H,1-2,5,12,17,22-28H2,(H,38,43). The van der Waals surface area contributed by atoms with Gasteiger partial charge in [0.1, 0.15) is 19.0 Å². The Morgan fingerprint density at radius 1 is 0.867 bits per heavy atom. The van der Waals surface area contributed by atoms with Crippen LogP contribution in [0.5, 0.6) is 5.75 Å². The summed E-state index contributed by atoms with van der Waals surface area (Å²) in [5, 5.41) is 12.6. The first kappa shape index (κ1) is 34.8. The van der Waals surface area contributed by atoms with Gasteiger partial charge in [0.15, 0.2) is 0 Å². The summed E-state index contributed by atoms with van der Waals surface area (Å²) in [6.07, 6.45) is 4.60. The van der Waals surface area contributed by atoms with Gasteiger partial charge in [0, 0.05) is 25.9 Å². The number of hydrogen-bond acceptors (Lipinski definition) is 6. The topological polar surface area (TPSA) is 105 Å². The van der Waals surface area contributed by atoms with E-state index in [1.54, 1.807) is 17.1 Å². The molecule has 3 aromatic carbocycles. The number of aliphatic hydroxyl groups excluding tert-OH is 1. The van der Waals surface area contributed by atoms with E-state index in [4.69, 9.17) is 9.47 Å². The van der Waals surface area contributed by atoms with Crippen LogP contribution in [0.3, 0.4) is 0 Å². The van der Waals surface area contributed by atoms with Crippen LogP contribution in [0.1, 0.15) is 42.4 Å². The largest absolute Gasteiger partial charge is 0.489 e. The molecule has 238 valence electrons. The van der Waals surface area contributed by atoms with Gasteiger partial charge in [0.05, 0.1) is 18.6 Å². The van der Waals surface area contributed by atoms with E-state index in [2.05, 4.69) is 18.5 Å². The highest BCUT2D eigenvalue weighted by molar-refractivity contribution is 5.86. The minimum Gasteiger partial charge on any atom is -0.489 e. The number of carbonyl (C=O) groups is 3. The zero-order valence-electron chi connectivity index (χ0n) is 25.8. The van der Waals surface area contributed by atoms with Gasteiger partial charge in [0.25, 0.3) is 0 Å². The Labute approximate surface area is 266 Å². The fourth-order valence-electron chi connectivity index (χ4n) is 4.74. The lowest BCUT2D eigenvalue weighted by Gasteiger charge is -2.26. The second kappa shape index (κ2) is 19.6. The van der Waals surface area contributed by atoms with Crippen molar-refractivity contribution in [3.05, 3.63) is 127 Å². The van der Waals surface area contributed by atoms with Crippen molar-refractivity contribution in [1.29, 1.82) is 0 Å². The van der Waals surface area contributed by atoms with Gasteiger partial charge in [-0.15, -0.1) is 13.2 Å². The molecule has 2 unspecified atom stereocenters. The highest BCUT2D eigenvalue weighted by atomic mass is 16.5. The van der Waals surface area contributed by atoms with Gasteiger partial charge in [-0.2, -0.15) is 0 Å². The lowest BCUT2D eigenvalue weighted by atomic mass is 9.98. The molecule has 3 aromatic rings. The maximum absolute atomic E-state index is 13.5. The van der Waals surface area contributed by atoms with Crippen molar-refractivity contribution >= 4 is 17.8 Å². The van der Waals surface area contributed by atoms with Crippen molar-refractivity contribution in [1.82, 2.24) is 10.2 Å². The Bertz CT molecular complexity index is 1340. The van der Waals surface area contributed by atoms with Crippen LogP contribution in [0.2, 0.25) is 0 Å². The van der Waals surface area contributed by atoms with E-state index in [0.717, 1.165) is 16.7 Å². The highest BCUT2D eigenvalue weighted by Gasteiger charge is 2.26. The average Bonchev–Trinajstić information content (AvgIpc) is 3.06. The fraction of sp³-hybridized carbons (Fsp3) is 0.324. The minimum atomic E-state index is -0.681. The molecule has 8 heteroatoms. The summed E-state index contributed by atoms with van der Waals surface area (Å²) in [7, 11) is 0. The fourth-order valence-corrected chi connectivity index (χ4v) is 4.74. The first-order valence-corrected chi connectivity index (χ1v) is 15.3. The zero-order valence-corrected chi connectivity index (χ0v) is 25.8. The number of ether oxygens (including phenoxy) is 2. The molecule has 0 radical (unpaired) electrons. The maximum atomic E-state index is 13.5. The van der Waals surface area contributed by atoms with Crippen molar-refractivity contribution in [2.24, 2.45) is 5.92 Å². The molecule has 0 fully saturated rings. The monoisotopic (exact) mass is 612 g/mol. The van der Waals surface area contributed by atoms with Crippen molar-refractivity contribution in [3.8, 4) is 5.75 Å². The van der Waals surface area contributed by atoms with Gasteiger partial charge in [0.2, 0.25) is 11.8 Å². The van der Waals surface area contributed by atoms with Crippen molar-refractivity contribution < 1.29 is 29.0 Å². The van der Waals surface area contributed by atoms with Crippen LogP contribution in [-0.4, -0.2) is 53.6 Å². The number of carbonyl (C=O) groups excluding carboxylic acids is 3. The smallest absolute Gasteiger partial charge is 0.306 e. The number of esters is 1. The van der Waals surface area contributed by atoms with E-state index in [-0.39, 0.29) is 56.8 Å². The van der Waals surface area contributed by atoms with Crippen LogP contribution in [0.15, 0.2) is 110 Å². The molecule has 0 bridgehead atoms. The summed E-state index contributed by atoms with van der Waals surface area (Å²) in [4.78, 5) is 40.7. The molecular weight excluding hydrogens is 568 g/mol. The van der Waals surface area contributed by atoms with Crippen LogP contribution in [0, 0.1) is 5.92 Å². The molecule has 45 heavy (non-hydrogen) atoms. The first-order chi connectivity index (χ1) is 21.9. The van der Waals surface area contributed by atoms with Crippen LogP contribution < -0.4 is 10.1 Å². The Balaban J connectivity index is 1.67. The number of hydrogen-bond donors (Lipinski definition) is 2. The molecule has 8 nitrogen and oxygen atoms in total. The van der Waals surface area contributed by atoms with Crippen LogP contribution in [0.4, 0.5) is 0 Å².